The van der Waals surface area contributed by atoms with Crippen LogP contribution in [-0.2, 0) is 16.1 Å². The molecule has 1 N–H and O–H groups in total. The molecule has 1 amide bonds. The van der Waals surface area contributed by atoms with E-state index >= 15 is 0 Å². The van der Waals surface area contributed by atoms with Gasteiger partial charge in [0.2, 0.25) is 5.91 Å². The molecule has 1 heterocycles. The van der Waals surface area contributed by atoms with E-state index in [2.05, 4.69) is 53.2 Å². The van der Waals surface area contributed by atoms with Gasteiger partial charge in [-0.2, -0.15) is 0 Å². The molecule has 2 aliphatic rings. The lowest BCUT2D eigenvalue weighted by Crippen LogP contribution is -2.60. The molecule has 0 aromatic heterocycles. The molecule has 0 unspecified atom stereocenters. The van der Waals surface area contributed by atoms with Crippen molar-refractivity contribution >= 4 is 5.91 Å². The van der Waals surface area contributed by atoms with Crippen LogP contribution in [0.3, 0.4) is 0 Å². The second kappa shape index (κ2) is 10.4. The van der Waals surface area contributed by atoms with Crippen molar-refractivity contribution in [3.63, 3.8) is 0 Å². The lowest BCUT2D eigenvalue weighted by molar-refractivity contribution is -0.124. The zero-order chi connectivity index (χ0) is 19.8. The maximum atomic E-state index is 12.8. The Morgan fingerprint density at radius 3 is 2.46 bits per heavy atom. The smallest absolute Gasteiger partial charge is 0.234 e. The van der Waals surface area contributed by atoms with E-state index < -0.39 is 0 Å². The van der Waals surface area contributed by atoms with E-state index in [0.29, 0.717) is 12.6 Å². The van der Waals surface area contributed by atoms with Crippen LogP contribution in [0.2, 0.25) is 0 Å². The van der Waals surface area contributed by atoms with Crippen molar-refractivity contribution in [2.45, 2.75) is 64.1 Å². The summed E-state index contributed by atoms with van der Waals surface area (Å²) in [5.41, 5.74) is 1.38. The molecule has 1 aromatic rings. The zero-order valence-electron chi connectivity index (χ0n) is 17.7. The molecule has 1 saturated carbocycles. The summed E-state index contributed by atoms with van der Waals surface area (Å²) < 4.78 is 5.56. The number of morpholine rings is 1. The minimum absolute atomic E-state index is 0.125. The Morgan fingerprint density at radius 2 is 1.82 bits per heavy atom. The SMILES string of the molecule is CC(C)N(CC(=O)NCC1(N2CCOCC2)CCCCC1)Cc1ccccc1. The lowest BCUT2D eigenvalue weighted by Gasteiger charge is -2.48. The summed E-state index contributed by atoms with van der Waals surface area (Å²) in [5.74, 6) is 0.142. The highest BCUT2D eigenvalue weighted by Gasteiger charge is 2.38. The molecule has 1 aliphatic carbocycles. The van der Waals surface area contributed by atoms with E-state index in [9.17, 15) is 4.79 Å². The molecular weight excluding hydrogens is 350 g/mol. The average Bonchev–Trinajstić information content (AvgIpc) is 2.74. The first-order valence-corrected chi connectivity index (χ1v) is 11.0. The van der Waals surface area contributed by atoms with Crippen LogP contribution in [0.4, 0.5) is 0 Å². The van der Waals surface area contributed by atoms with Crippen LogP contribution < -0.4 is 5.32 Å². The maximum absolute atomic E-state index is 12.8. The summed E-state index contributed by atoms with van der Waals surface area (Å²) in [6.45, 7) is 9.94. The fourth-order valence-electron chi connectivity index (χ4n) is 4.59. The third-order valence-electron chi connectivity index (χ3n) is 6.39. The van der Waals surface area contributed by atoms with E-state index in [1.165, 1.54) is 37.7 Å². The first-order valence-electron chi connectivity index (χ1n) is 11.0. The van der Waals surface area contributed by atoms with Gasteiger partial charge in [0.25, 0.3) is 0 Å². The first kappa shape index (κ1) is 21.3. The second-order valence-corrected chi connectivity index (χ2v) is 8.65. The Hall–Kier alpha value is -1.43. The standard InChI is InChI=1S/C23H37N3O2/c1-20(2)25(17-21-9-5-3-6-10-21)18-22(27)24-19-23(11-7-4-8-12-23)26-13-15-28-16-14-26/h3,5-6,9-10,20H,4,7-8,11-19H2,1-2H3,(H,24,27). The first-order chi connectivity index (χ1) is 13.6. The van der Waals surface area contributed by atoms with E-state index in [-0.39, 0.29) is 11.4 Å². The lowest BCUT2D eigenvalue weighted by atomic mass is 9.79. The third kappa shape index (κ3) is 5.79. The number of hydrogen-bond donors (Lipinski definition) is 1. The van der Waals surface area contributed by atoms with Gasteiger partial charge in [-0.15, -0.1) is 0 Å². The van der Waals surface area contributed by atoms with Crippen LogP contribution in [0.15, 0.2) is 30.3 Å². The quantitative estimate of drug-likeness (QED) is 0.745. The Balaban J connectivity index is 1.57. The van der Waals surface area contributed by atoms with Crippen molar-refractivity contribution in [3.05, 3.63) is 35.9 Å². The van der Waals surface area contributed by atoms with E-state index in [1.807, 2.05) is 6.07 Å². The molecule has 1 aromatic carbocycles. The highest BCUT2D eigenvalue weighted by molar-refractivity contribution is 5.78. The fourth-order valence-corrected chi connectivity index (χ4v) is 4.59. The number of carbonyl (C=O) groups is 1. The van der Waals surface area contributed by atoms with Crippen molar-refractivity contribution in [1.82, 2.24) is 15.1 Å². The molecule has 156 valence electrons. The molecule has 0 radical (unpaired) electrons. The number of nitrogens with zero attached hydrogens (tertiary/aromatic N) is 2. The topological polar surface area (TPSA) is 44.8 Å². The van der Waals surface area contributed by atoms with Crippen molar-refractivity contribution in [2.24, 2.45) is 0 Å². The van der Waals surface area contributed by atoms with Gasteiger partial charge in [0.05, 0.1) is 19.8 Å². The Kier molecular flexibility index (Phi) is 7.89. The molecule has 5 nitrogen and oxygen atoms in total. The molecule has 3 rings (SSSR count). The van der Waals surface area contributed by atoms with E-state index in [4.69, 9.17) is 4.74 Å². The van der Waals surface area contributed by atoms with Gasteiger partial charge in [-0.1, -0.05) is 49.6 Å². The van der Waals surface area contributed by atoms with E-state index in [1.54, 1.807) is 0 Å². The van der Waals surface area contributed by atoms with E-state index in [0.717, 1.165) is 39.4 Å². The summed E-state index contributed by atoms with van der Waals surface area (Å²) in [6, 6.07) is 10.7. The largest absolute Gasteiger partial charge is 0.379 e. The average molecular weight is 388 g/mol. The number of ether oxygens (including phenoxy) is 1. The summed E-state index contributed by atoms with van der Waals surface area (Å²) in [7, 11) is 0. The van der Waals surface area contributed by atoms with Crippen LogP contribution in [0.25, 0.3) is 0 Å². The minimum atomic E-state index is 0.125. The number of hydrogen-bond acceptors (Lipinski definition) is 4. The second-order valence-electron chi connectivity index (χ2n) is 8.65. The fraction of sp³-hybridized carbons (Fsp3) is 0.696. The van der Waals surface area contributed by atoms with Gasteiger partial charge in [-0.25, -0.2) is 0 Å². The molecular formula is C23H37N3O2. The number of benzene rings is 1. The van der Waals surface area contributed by atoms with Crippen molar-refractivity contribution in [3.8, 4) is 0 Å². The Labute approximate surface area is 170 Å². The van der Waals surface area contributed by atoms with Gasteiger partial charge >= 0.3 is 0 Å². The number of nitrogens with one attached hydrogen (secondary N) is 1. The number of amides is 1. The predicted molar refractivity (Wildman–Crippen MR) is 113 cm³/mol. The minimum Gasteiger partial charge on any atom is -0.379 e. The summed E-state index contributed by atoms with van der Waals surface area (Å²) in [5, 5.41) is 3.30. The summed E-state index contributed by atoms with van der Waals surface area (Å²) in [6.07, 6.45) is 6.22. The van der Waals surface area contributed by atoms with Gasteiger partial charge in [0.1, 0.15) is 0 Å². The molecule has 0 bridgehead atoms. The van der Waals surface area contributed by atoms with Gasteiger partial charge in [0, 0.05) is 37.8 Å². The number of carbonyl (C=O) groups excluding carboxylic acids is 1. The zero-order valence-corrected chi connectivity index (χ0v) is 17.7. The summed E-state index contributed by atoms with van der Waals surface area (Å²) in [4.78, 5) is 17.6. The van der Waals surface area contributed by atoms with Crippen LogP contribution in [0.1, 0.15) is 51.5 Å². The molecule has 0 spiro atoms. The predicted octanol–water partition coefficient (Wildman–Crippen LogP) is 3.05. The maximum Gasteiger partial charge on any atom is 0.234 e. The molecule has 5 heteroatoms. The summed E-state index contributed by atoms with van der Waals surface area (Å²) >= 11 is 0. The molecule has 1 aliphatic heterocycles. The van der Waals surface area contributed by atoms with Crippen molar-refractivity contribution < 1.29 is 9.53 Å². The molecule has 0 atom stereocenters. The molecule has 2 fully saturated rings. The Bertz CT molecular complexity index is 593. The Morgan fingerprint density at radius 1 is 1.14 bits per heavy atom. The normalized spacial score (nSPS) is 20.4. The van der Waals surface area contributed by atoms with Crippen LogP contribution in [-0.4, -0.2) is 66.7 Å². The molecule has 1 saturated heterocycles. The number of rotatable bonds is 8. The van der Waals surface area contributed by atoms with Crippen LogP contribution >= 0.6 is 0 Å². The van der Waals surface area contributed by atoms with Crippen molar-refractivity contribution in [2.75, 3.05) is 39.4 Å². The highest BCUT2D eigenvalue weighted by atomic mass is 16.5. The van der Waals surface area contributed by atoms with Gasteiger partial charge in [0.15, 0.2) is 0 Å². The van der Waals surface area contributed by atoms with Gasteiger partial charge in [-0.3, -0.25) is 14.6 Å². The van der Waals surface area contributed by atoms with Crippen LogP contribution in [0.5, 0.6) is 0 Å². The van der Waals surface area contributed by atoms with Crippen LogP contribution in [0, 0.1) is 0 Å². The van der Waals surface area contributed by atoms with Gasteiger partial charge in [-0.05, 0) is 32.3 Å². The van der Waals surface area contributed by atoms with Crippen molar-refractivity contribution in [1.29, 1.82) is 0 Å². The van der Waals surface area contributed by atoms with Gasteiger partial charge < -0.3 is 10.1 Å². The molecule has 28 heavy (non-hydrogen) atoms. The highest BCUT2D eigenvalue weighted by Crippen LogP contribution is 2.33. The third-order valence-corrected chi connectivity index (χ3v) is 6.39. The monoisotopic (exact) mass is 387 g/mol.